The van der Waals surface area contributed by atoms with Crippen LogP contribution in [0.3, 0.4) is 0 Å². The Morgan fingerprint density at radius 2 is 1.63 bits per heavy atom. The van der Waals surface area contributed by atoms with Crippen LogP contribution >= 0.6 is 0 Å². The van der Waals surface area contributed by atoms with Crippen LogP contribution in [0, 0.1) is 0 Å². The minimum absolute atomic E-state index is 0.0486. The third-order valence-corrected chi connectivity index (χ3v) is 2.73. The molecule has 0 aromatic rings. The Balaban J connectivity index is 0. The number of carboxylic acids is 1. The highest BCUT2D eigenvalue weighted by Crippen LogP contribution is 2.07. The molecule has 0 fully saturated rings. The minimum atomic E-state index is -1.04. The number of unbranched alkanes of at least 4 members (excludes halogenated alkanes) is 7. The van der Waals surface area contributed by atoms with Crippen LogP contribution in [0.4, 0.5) is 0 Å². The van der Waals surface area contributed by atoms with Gasteiger partial charge in [0.2, 0.25) is 0 Å². The maximum Gasteiger partial charge on any atom is 0.331 e. The summed E-state index contributed by atoms with van der Waals surface area (Å²) in [6, 6.07) is 0. The predicted octanol–water partition coefficient (Wildman–Crippen LogP) is 4.32. The number of hydrogen-bond acceptors (Lipinski definition) is 2. The van der Waals surface area contributed by atoms with Crippen molar-refractivity contribution in [1.29, 1.82) is 0 Å². The minimum Gasteiger partial charge on any atom is -0.478 e. The first-order valence-corrected chi connectivity index (χ1v) is 7.22. The van der Waals surface area contributed by atoms with Crippen molar-refractivity contribution in [2.45, 2.75) is 64.7 Å². The van der Waals surface area contributed by atoms with Gasteiger partial charge >= 0.3 is 5.97 Å². The number of carboxylic acid groups (broad SMARTS) is 1. The molecule has 3 nitrogen and oxygen atoms in total. The molecule has 0 heterocycles. The van der Waals surface area contributed by atoms with Crippen molar-refractivity contribution in [2.75, 3.05) is 6.61 Å². The molecule has 0 saturated heterocycles. The van der Waals surface area contributed by atoms with Gasteiger partial charge in [0.1, 0.15) is 0 Å². The van der Waals surface area contributed by atoms with Crippen LogP contribution < -0.4 is 0 Å². The van der Waals surface area contributed by atoms with Gasteiger partial charge in [-0.2, -0.15) is 0 Å². The lowest BCUT2D eigenvalue weighted by molar-refractivity contribution is -0.132. The van der Waals surface area contributed by atoms with Gasteiger partial charge in [-0.05, 0) is 12.8 Å². The SMILES string of the molecule is C=C(CCO)C(=O)O.C=CCCCCCCCCC. The second-order valence-electron chi connectivity index (χ2n) is 4.58. The lowest BCUT2D eigenvalue weighted by Gasteiger charge is -1.98. The van der Waals surface area contributed by atoms with Crippen molar-refractivity contribution in [3.05, 3.63) is 24.8 Å². The molecular formula is C16H30O3. The molecule has 0 saturated carbocycles. The largest absolute Gasteiger partial charge is 0.478 e. The van der Waals surface area contributed by atoms with Crippen molar-refractivity contribution in [1.82, 2.24) is 0 Å². The van der Waals surface area contributed by atoms with E-state index in [2.05, 4.69) is 20.1 Å². The quantitative estimate of drug-likeness (QED) is 0.334. The molecular weight excluding hydrogens is 240 g/mol. The molecule has 0 aliphatic rings. The first-order chi connectivity index (χ1) is 9.09. The second kappa shape index (κ2) is 16.9. The smallest absolute Gasteiger partial charge is 0.331 e. The number of allylic oxidation sites excluding steroid dienone is 1. The Labute approximate surface area is 118 Å². The van der Waals surface area contributed by atoms with E-state index in [4.69, 9.17) is 10.2 Å². The molecule has 0 amide bonds. The molecule has 112 valence electrons. The van der Waals surface area contributed by atoms with Gasteiger partial charge in [-0.3, -0.25) is 0 Å². The number of hydrogen-bond donors (Lipinski definition) is 2. The Morgan fingerprint density at radius 3 is 2.00 bits per heavy atom. The van der Waals surface area contributed by atoms with Crippen LogP contribution in [0.25, 0.3) is 0 Å². The molecule has 0 aliphatic carbocycles. The van der Waals surface area contributed by atoms with Gasteiger partial charge in [-0.1, -0.05) is 58.1 Å². The Kier molecular flexibility index (Phi) is 18.0. The summed E-state index contributed by atoms with van der Waals surface area (Å²) in [7, 11) is 0. The van der Waals surface area contributed by atoms with Gasteiger partial charge in [-0.25, -0.2) is 4.79 Å². The molecule has 0 rings (SSSR count). The summed E-state index contributed by atoms with van der Waals surface area (Å²) < 4.78 is 0. The zero-order chi connectivity index (χ0) is 14.9. The number of rotatable bonds is 11. The van der Waals surface area contributed by atoms with Crippen LogP contribution in [0.2, 0.25) is 0 Å². The summed E-state index contributed by atoms with van der Waals surface area (Å²) in [5, 5.41) is 16.3. The average molecular weight is 270 g/mol. The lowest BCUT2D eigenvalue weighted by atomic mass is 10.1. The second-order valence-corrected chi connectivity index (χ2v) is 4.58. The van der Waals surface area contributed by atoms with E-state index in [-0.39, 0.29) is 18.6 Å². The Hall–Kier alpha value is -1.09. The van der Waals surface area contributed by atoms with E-state index in [9.17, 15) is 4.79 Å². The third kappa shape index (κ3) is 19.4. The molecule has 0 aromatic carbocycles. The summed E-state index contributed by atoms with van der Waals surface area (Å²) >= 11 is 0. The van der Waals surface area contributed by atoms with Gasteiger partial charge in [0.05, 0.1) is 0 Å². The highest BCUT2D eigenvalue weighted by molar-refractivity contribution is 5.85. The Morgan fingerprint density at radius 1 is 1.11 bits per heavy atom. The van der Waals surface area contributed by atoms with Crippen LogP contribution in [-0.2, 0) is 4.79 Å². The number of aliphatic hydroxyl groups is 1. The number of carbonyl (C=O) groups is 1. The summed E-state index contributed by atoms with van der Waals surface area (Å²) in [5.74, 6) is -1.04. The van der Waals surface area contributed by atoms with E-state index in [0.29, 0.717) is 0 Å². The van der Waals surface area contributed by atoms with E-state index in [0.717, 1.165) is 0 Å². The molecule has 0 unspecified atom stereocenters. The Bertz CT molecular complexity index is 234. The van der Waals surface area contributed by atoms with Crippen molar-refractivity contribution in [3.63, 3.8) is 0 Å². The molecule has 2 N–H and O–H groups in total. The summed E-state index contributed by atoms with van der Waals surface area (Å²) in [6.07, 6.45) is 13.2. The maximum absolute atomic E-state index is 9.88. The van der Waals surface area contributed by atoms with Crippen LogP contribution in [-0.4, -0.2) is 22.8 Å². The summed E-state index contributed by atoms with van der Waals surface area (Å²) in [6.45, 7) is 9.01. The van der Waals surface area contributed by atoms with E-state index in [1.54, 1.807) is 0 Å². The maximum atomic E-state index is 9.88. The molecule has 19 heavy (non-hydrogen) atoms. The van der Waals surface area contributed by atoms with E-state index in [1.807, 2.05) is 6.08 Å². The summed E-state index contributed by atoms with van der Waals surface area (Å²) in [4.78, 5) is 9.88. The fourth-order valence-electron chi connectivity index (χ4n) is 1.49. The number of aliphatic carboxylic acids is 1. The van der Waals surface area contributed by atoms with Crippen LogP contribution in [0.1, 0.15) is 64.7 Å². The van der Waals surface area contributed by atoms with Crippen LogP contribution in [0.15, 0.2) is 24.8 Å². The van der Waals surface area contributed by atoms with Gasteiger partial charge in [-0.15, -0.1) is 6.58 Å². The van der Waals surface area contributed by atoms with E-state index < -0.39 is 5.97 Å². The van der Waals surface area contributed by atoms with Gasteiger partial charge in [0, 0.05) is 18.6 Å². The zero-order valence-corrected chi connectivity index (χ0v) is 12.4. The average Bonchev–Trinajstić information content (AvgIpc) is 2.39. The molecule has 0 aliphatic heterocycles. The predicted molar refractivity (Wildman–Crippen MR) is 81.3 cm³/mol. The topological polar surface area (TPSA) is 57.5 Å². The van der Waals surface area contributed by atoms with Gasteiger partial charge < -0.3 is 10.2 Å². The van der Waals surface area contributed by atoms with Crippen molar-refractivity contribution >= 4 is 5.97 Å². The molecule has 0 aromatic heterocycles. The van der Waals surface area contributed by atoms with Gasteiger partial charge in [0.25, 0.3) is 0 Å². The standard InChI is InChI=1S/C11H22.C5H8O3/c1-3-5-7-9-11-10-8-6-4-2;1-4(2-3-6)5(7)8/h3H,1,4-11H2,2H3;6H,1-3H2,(H,7,8). The lowest BCUT2D eigenvalue weighted by Crippen LogP contribution is -2.00. The number of aliphatic hydroxyl groups excluding tert-OH is 1. The summed E-state index contributed by atoms with van der Waals surface area (Å²) in [5.41, 5.74) is 0.0486. The highest BCUT2D eigenvalue weighted by atomic mass is 16.4. The van der Waals surface area contributed by atoms with Crippen molar-refractivity contribution in [2.24, 2.45) is 0 Å². The first kappa shape index (κ1) is 20.2. The first-order valence-electron chi connectivity index (χ1n) is 7.22. The van der Waals surface area contributed by atoms with Crippen molar-refractivity contribution < 1.29 is 15.0 Å². The van der Waals surface area contributed by atoms with Crippen LogP contribution in [0.5, 0.6) is 0 Å². The normalized spacial score (nSPS) is 9.37. The van der Waals surface area contributed by atoms with E-state index in [1.165, 1.54) is 51.4 Å². The zero-order valence-electron chi connectivity index (χ0n) is 12.4. The highest BCUT2D eigenvalue weighted by Gasteiger charge is 1.99. The van der Waals surface area contributed by atoms with Crippen molar-refractivity contribution in [3.8, 4) is 0 Å². The fraction of sp³-hybridized carbons (Fsp3) is 0.688. The van der Waals surface area contributed by atoms with Gasteiger partial charge in [0.15, 0.2) is 0 Å². The monoisotopic (exact) mass is 270 g/mol. The molecule has 0 bridgehead atoms. The molecule has 0 atom stereocenters. The fourth-order valence-corrected chi connectivity index (χ4v) is 1.49. The van der Waals surface area contributed by atoms with E-state index >= 15 is 0 Å². The molecule has 0 spiro atoms. The third-order valence-electron chi connectivity index (χ3n) is 2.73. The molecule has 0 radical (unpaired) electrons. The molecule has 3 heteroatoms.